The van der Waals surface area contributed by atoms with Crippen LogP contribution in [0.4, 0.5) is 0 Å². The van der Waals surface area contributed by atoms with Gasteiger partial charge in [-0.2, -0.15) is 23.5 Å². The van der Waals surface area contributed by atoms with Crippen molar-refractivity contribution in [2.24, 2.45) is 0 Å². The molecule has 2 N–H and O–H groups in total. The van der Waals surface area contributed by atoms with E-state index in [1.54, 1.807) is 35.8 Å². The Bertz CT molecular complexity index is 1260. The summed E-state index contributed by atoms with van der Waals surface area (Å²) in [5.74, 6) is 2.20. The number of hydrogen-bond acceptors (Lipinski definition) is 8. The second kappa shape index (κ2) is 15.9. The van der Waals surface area contributed by atoms with Crippen molar-refractivity contribution in [2.75, 3.05) is 37.6 Å². The molecule has 8 nitrogen and oxygen atoms in total. The monoisotopic (exact) mass is 585 g/mol. The molecule has 0 bridgehead atoms. The first-order chi connectivity index (χ1) is 19.2. The van der Waals surface area contributed by atoms with E-state index >= 15 is 0 Å². The van der Waals surface area contributed by atoms with Crippen molar-refractivity contribution in [1.29, 1.82) is 0 Å². The summed E-state index contributed by atoms with van der Waals surface area (Å²) in [5, 5.41) is 12.4. The molecule has 0 spiro atoms. The van der Waals surface area contributed by atoms with Gasteiger partial charge in [0, 0.05) is 11.3 Å². The molecule has 2 atom stereocenters. The van der Waals surface area contributed by atoms with Gasteiger partial charge in [0.15, 0.2) is 5.76 Å². The van der Waals surface area contributed by atoms with Gasteiger partial charge in [0.05, 0.1) is 19.3 Å². The minimum atomic E-state index is -1.04. The second-order valence-corrected chi connectivity index (χ2v) is 12.0. The Morgan fingerprint density at radius 1 is 1.18 bits per heavy atom. The van der Waals surface area contributed by atoms with E-state index in [9.17, 15) is 14.7 Å². The van der Waals surface area contributed by atoms with Crippen molar-refractivity contribution in [2.45, 2.75) is 45.6 Å². The number of carboxylic acid groups (broad SMARTS) is 1. The van der Waals surface area contributed by atoms with Crippen LogP contribution in [0.1, 0.15) is 52.6 Å². The number of nitrogens with zero attached hydrogens (tertiary/aromatic N) is 2. The summed E-state index contributed by atoms with van der Waals surface area (Å²) in [4.78, 5) is 31.5. The molecular weight excluding hydrogens is 546 g/mol. The smallest absolute Gasteiger partial charge is 0.326 e. The zero-order chi connectivity index (χ0) is 29.1. The Kier molecular flexibility index (Phi) is 12.6. The summed E-state index contributed by atoms with van der Waals surface area (Å²) in [5.41, 5.74) is 3.98. The third-order valence-corrected chi connectivity index (χ3v) is 7.83. The van der Waals surface area contributed by atoms with E-state index in [0.717, 1.165) is 33.8 Å². The second-order valence-electron chi connectivity index (χ2n) is 9.69. The molecule has 0 radical (unpaired) electrons. The summed E-state index contributed by atoms with van der Waals surface area (Å²) in [6.07, 6.45) is 3.73. The molecule has 1 aromatic heterocycles. The van der Waals surface area contributed by atoms with Crippen molar-refractivity contribution < 1.29 is 23.8 Å². The van der Waals surface area contributed by atoms with E-state index in [2.05, 4.69) is 17.2 Å². The average molecular weight is 586 g/mol. The Hall–Kier alpha value is -2.79. The van der Waals surface area contributed by atoms with Crippen molar-refractivity contribution in [3.05, 3.63) is 77.0 Å². The third-order valence-electron chi connectivity index (χ3n) is 6.24. The van der Waals surface area contributed by atoms with Gasteiger partial charge < -0.3 is 24.5 Å². The Labute approximate surface area is 245 Å². The number of thioether (sulfide) groups is 2. The van der Waals surface area contributed by atoms with Crippen molar-refractivity contribution in [3.63, 3.8) is 0 Å². The molecule has 40 heavy (non-hydrogen) atoms. The maximum absolute atomic E-state index is 13.3. The maximum atomic E-state index is 13.3. The highest BCUT2D eigenvalue weighted by molar-refractivity contribution is 7.99. The van der Waals surface area contributed by atoms with Gasteiger partial charge >= 0.3 is 5.97 Å². The minimum absolute atomic E-state index is 0.272. The van der Waals surface area contributed by atoms with Gasteiger partial charge in [0.2, 0.25) is 5.89 Å². The fraction of sp³-hybridized carbons (Fsp3) is 0.433. The molecule has 1 heterocycles. The van der Waals surface area contributed by atoms with Gasteiger partial charge in [0.1, 0.15) is 12.1 Å². The number of rotatable bonds is 16. The SMILES string of the molecule is CCSC[C@@H](OCc1ccc(C(=O)N[C@@H](CCSC)C(=O)O)c(-c2ccccc2C)c1)c1cnc(CN(C)C)o1. The van der Waals surface area contributed by atoms with Gasteiger partial charge in [-0.25, -0.2) is 9.78 Å². The Morgan fingerprint density at radius 3 is 2.62 bits per heavy atom. The quantitative estimate of drug-likeness (QED) is 0.220. The number of nitrogens with one attached hydrogen (secondary N) is 1. The van der Waals surface area contributed by atoms with E-state index in [1.165, 1.54) is 0 Å². The molecule has 10 heteroatoms. The van der Waals surface area contributed by atoms with E-state index < -0.39 is 17.9 Å². The van der Waals surface area contributed by atoms with Crippen LogP contribution in [-0.4, -0.2) is 70.5 Å². The molecular formula is C30H39N3O5S2. The first-order valence-electron chi connectivity index (χ1n) is 13.2. The zero-order valence-corrected chi connectivity index (χ0v) is 25.4. The van der Waals surface area contributed by atoms with Crippen LogP contribution in [0.25, 0.3) is 11.1 Å². The third kappa shape index (κ3) is 9.12. The van der Waals surface area contributed by atoms with Crippen LogP contribution >= 0.6 is 23.5 Å². The van der Waals surface area contributed by atoms with Crippen LogP contribution in [0.5, 0.6) is 0 Å². The Morgan fingerprint density at radius 2 is 1.95 bits per heavy atom. The standard InChI is InChI=1S/C30H39N3O5S2/c1-6-40-19-27(26-16-31-28(38-26)17-33(3)4)37-18-21-11-12-23(24(15-21)22-10-8-7-9-20(22)2)29(34)32-25(30(35)36)13-14-39-5/h7-12,15-16,25,27H,6,13-14,17-19H2,1-5H3,(H,32,34)(H,35,36)/t25-,27+/m0/s1. The number of ether oxygens (including phenoxy) is 1. The largest absolute Gasteiger partial charge is 0.480 e. The van der Waals surface area contributed by atoms with Crippen LogP contribution in [0.15, 0.2) is 53.1 Å². The normalized spacial score (nSPS) is 12.8. The van der Waals surface area contributed by atoms with Gasteiger partial charge in [-0.1, -0.05) is 37.3 Å². The van der Waals surface area contributed by atoms with Gasteiger partial charge in [-0.05, 0) is 79.6 Å². The lowest BCUT2D eigenvalue weighted by Crippen LogP contribution is -2.41. The van der Waals surface area contributed by atoms with Gasteiger partial charge in [-0.3, -0.25) is 4.79 Å². The molecule has 0 aliphatic carbocycles. The number of carbonyl (C=O) groups excluding carboxylic acids is 1. The number of benzene rings is 2. The van der Waals surface area contributed by atoms with Crippen molar-refractivity contribution in [1.82, 2.24) is 15.2 Å². The fourth-order valence-corrected chi connectivity index (χ4v) is 5.34. The number of amides is 1. The highest BCUT2D eigenvalue weighted by Gasteiger charge is 2.23. The lowest BCUT2D eigenvalue weighted by atomic mass is 9.93. The number of oxazole rings is 1. The zero-order valence-electron chi connectivity index (χ0n) is 23.8. The van der Waals surface area contributed by atoms with E-state index in [-0.39, 0.29) is 6.10 Å². The average Bonchev–Trinajstić information content (AvgIpc) is 3.38. The van der Waals surface area contributed by atoms with Crippen LogP contribution in [0.2, 0.25) is 0 Å². The molecule has 3 aromatic rings. The molecule has 0 aliphatic heterocycles. The number of aromatic nitrogens is 1. The predicted molar refractivity (Wildman–Crippen MR) is 163 cm³/mol. The van der Waals surface area contributed by atoms with Crippen molar-refractivity contribution >= 4 is 35.4 Å². The lowest BCUT2D eigenvalue weighted by molar-refractivity contribution is -0.139. The molecule has 0 fully saturated rings. The molecule has 1 amide bonds. The van der Waals surface area contributed by atoms with Crippen LogP contribution in [-0.2, 0) is 22.7 Å². The van der Waals surface area contributed by atoms with Gasteiger partial charge in [0.25, 0.3) is 5.91 Å². The van der Waals surface area contributed by atoms with Crippen LogP contribution < -0.4 is 5.32 Å². The molecule has 3 rings (SSSR count). The summed E-state index contributed by atoms with van der Waals surface area (Å²) in [7, 11) is 3.93. The molecule has 0 aliphatic rings. The molecule has 2 aromatic carbocycles. The van der Waals surface area contributed by atoms with E-state index in [4.69, 9.17) is 9.15 Å². The summed E-state index contributed by atoms with van der Waals surface area (Å²) in [6, 6.07) is 12.5. The summed E-state index contributed by atoms with van der Waals surface area (Å²) in [6.45, 7) is 5.02. The number of aryl methyl sites for hydroxylation is 1. The first-order valence-corrected chi connectivity index (χ1v) is 15.8. The van der Waals surface area contributed by atoms with E-state index in [1.807, 2.05) is 68.6 Å². The lowest BCUT2D eigenvalue weighted by Gasteiger charge is -2.19. The van der Waals surface area contributed by atoms with Crippen molar-refractivity contribution in [3.8, 4) is 11.1 Å². The van der Waals surface area contributed by atoms with Gasteiger partial charge in [-0.15, -0.1) is 0 Å². The molecule has 0 saturated heterocycles. The van der Waals surface area contributed by atoms with Crippen LogP contribution in [0, 0.1) is 6.92 Å². The predicted octanol–water partition coefficient (Wildman–Crippen LogP) is 5.66. The minimum Gasteiger partial charge on any atom is -0.480 e. The number of carbonyl (C=O) groups is 2. The number of hydrogen-bond donors (Lipinski definition) is 2. The molecule has 0 saturated carbocycles. The van der Waals surface area contributed by atoms with Crippen LogP contribution in [0.3, 0.4) is 0 Å². The highest BCUT2D eigenvalue weighted by Crippen LogP contribution is 2.30. The number of aliphatic carboxylic acids is 1. The molecule has 0 unspecified atom stereocenters. The number of carboxylic acids is 1. The molecule has 216 valence electrons. The Balaban J connectivity index is 1.88. The summed E-state index contributed by atoms with van der Waals surface area (Å²) >= 11 is 3.31. The fourth-order valence-electron chi connectivity index (χ4n) is 4.16. The first kappa shape index (κ1) is 31.7. The maximum Gasteiger partial charge on any atom is 0.326 e. The van der Waals surface area contributed by atoms with E-state index in [0.29, 0.717) is 42.5 Å². The highest BCUT2D eigenvalue weighted by atomic mass is 32.2. The topological polar surface area (TPSA) is 105 Å². The summed E-state index contributed by atoms with van der Waals surface area (Å²) < 4.78 is 12.3.